The second kappa shape index (κ2) is 43.5. The number of carbonyl (C=O) groups is 1. The first-order valence-electron chi connectivity index (χ1n) is 20.8. The minimum Gasteiger partial charge on any atom is -0.457 e. The summed E-state index contributed by atoms with van der Waals surface area (Å²) in [5, 5.41) is 9.59. The van der Waals surface area contributed by atoms with Crippen molar-refractivity contribution in [2.24, 2.45) is 0 Å². The lowest BCUT2D eigenvalue weighted by molar-refractivity contribution is -0.154. The molecule has 0 fully saturated rings. The van der Waals surface area contributed by atoms with Gasteiger partial charge in [0.2, 0.25) is 0 Å². The van der Waals surface area contributed by atoms with Crippen LogP contribution in [0, 0.1) is 0 Å². The fraction of sp³-hybridized carbons (Fsp3) is 0.638. The number of hydrogen-bond donors (Lipinski definition) is 1. The Labute approximate surface area is 315 Å². The first kappa shape index (κ1) is 48.3. The van der Waals surface area contributed by atoms with Gasteiger partial charge < -0.3 is 14.6 Å². The van der Waals surface area contributed by atoms with Crippen molar-refractivity contribution in [1.29, 1.82) is 0 Å². The summed E-state index contributed by atoms with van der Waals surface area (Å²) in [5.74, 6) is -0.220. The predicted octanol–water partition coefficient (Wildman–Crippen LogP) is 13.8. The molecule has 0 aliphatic rings. The van der Waals surface area contributed by atoms with Crippen molar-refractivity contribution in [3.05, 3.63) is 97.2 Å². The third kappa shape index (κ3) is 41.6. The Morgan fingerprint density at radius 3 is 1.24 bits per heavy atom. The van der Waals surface area contributed by atoms with Crippen molar-refractivity contribution >= 4 is 5.97 Å². The molecular weight excluding hydrogens is 629 g/mol. The molecule has 0 spiro atoms. The van der Waals surface area contributed by atoms with Crippen LogP contribution in [0.25, 0.3) is 0 Å². The van der Waals surface area contributed by atoms with Crippen LogP contribution in [0.15, 0.2) is 97.2 Å². The average Bonchev–Trinajstić information content (AvgIpc) is 3.14. The summed E-state index contributed by atoms with van der Waals surface area (Å²) in [6, 6.07) is 0. The van der Waals surface area contributed by atoms with Crippen LogP contribution in [0.1, 0.15) is 168 Å². The maximum atomic E-state index is 12.2. The highest BCUT2D eigenvalue weighted by atomic mass is 16.6. The number of aliphatic hydroxyl groups is 1. The first-order valence-corrected chi connectivity index (χ1v) is 20.8. The summed E-state index contributed by atoms with van der Waals surface area (Å²) < 4.78 is 11.1. The smallest absolute Gasteiger partial charge is 0.306 e. The molecule has 1 N–H and O–H groups in total. The summed E-state index contributed by atoms with van der Waals surface area (Å²) >= 11 is 0. The van der Waals surface area contributed by atoms with Crippen LogP contribution in [0.4, 0.5) is 0 Å². The Morgan fingerprint density at radius 1 is 0.471 bits per heavy atom. The van der Waals surface area contributed by atoms with E-state index in [-0.39, 0.29) is 19.2 Å². The van der Waals surface area contributed by atoms with E-state index in [0.29, 0.717) is 13.0 Å². The Balaban J connectivity index is 3.52. The molecule has 0 radical (unpaired) electrons. The largest absolute Gasteiger partial charge is 0.457 e. The van der Waals surface area contributed by atoms with Gasteiger partial charge in [-0.2, -0.15) is 0 Å². The van der Waals surface area contributed by atoms with Crippen LogP contribution in [0.5, 0.6) is 0 Å². The molecule has 0 aliphatic heterocycles. The lowest BCUT2D eigenvalue weighted by atomic mass is 10.1. The molecule has 0 rings (SSSR count). The highest BCUT2D eigenvalue weighted by Crippen LogP contribution is 2.13. The van der Waals surface area contributed by atoms with E-state index in [1.807, 2.05) is 0 Å². The third-order valence-corrected chi connectivity index (χ3v) is 8.40. The van der Waals surface area contributed by atoms with Gasteiger partial charge in [0.1, 0.15) is 6.10 Å². The lowest BCUT2D eigenvalue weighted by Gasteiger charge is -2.15. The molecule has 0 aliphatic carbocycles. The molecule has 0 saturated heterocycles. The Bertz CT molecular complexity index is 965. The number of esters is 1. The van der Waals surface area contributed by atoms with E-state index in [1.54, 1.807) is 0 Å². The van der Waals surface area contributed by atoms with Gasteiger partial charge in [-0.3, -0.25) is 4.79 Å². The highest BCUT2D eigenvalue weighted by Gasteiger charge is 2.13. The summed E-state index contributed by atoms with van der Waals surface area (Å²) in [7, 11) is 0. The maximum Gasteiger partial charge on any atom is 0.306 e. The van der Waals surface area contributed by atoms with E-state index < -0.39 is 6.10 Å². The fourth-order valence-electron chi connectivity index (χ4n) is 5.37. The van der Waals surface area contributed by atoms with Gasteiger partial charge in [-0.25, -0.2) is 0 Å². The van der Waals surface area contributed by atoms with Gasteiger partial charge in [0.25, 0.3) is 0 Å². The van der Waals surface area contributed by atoms with E-state index in [4.69, 9.17) is 9.47 Å². The molecule has 51 heavy (non-hydrogen) atoms. The summed E-state index contributed by atoms with van der Waals surface area (Å²) in [6.07, 6.45) is 61.8. The van der Waals surface area contributed by atoms with Gasteiger partial charge in [-0.15, -0.1) is 0 Å². The van der Waals surface area contributed by atoms with Crippen LogP contribution < -0.4 is 0 Å². The molecule has 1 atom stereocenters. The van der Waals surface area contributed by atoms with Crippen LogP contribution in [0.2, 0.25) is 0 Å². The second-order valence-corrected chi connectivity index (χ2v) is 13.3. The molecule has 0 aromatic rings. The number of unbranched alkanes of at least 4 members (excludes halogenated alkanes) is 13. The van der Waals surface area contributed by atoms with Gasteiger partial charge in [0.15, 0.2) is 0 Å². The van der Waals surface area contributed by atoms with Gasteiger partial charge in [-0.1, -0.05) is 169 Å². The third-order valence-electron chi connectivity index (χ3n) is 8.40. The van der Waals surface area contributed by atoms with E-state index >= 15 is 0 Å². The van der Waals surface area contributed by atoms with Crippen molar-refractivity contribution in [3.8, 4) is 0 Å². The fourth-order valence-corrected chi connectivity index (χ4v) is 5.37. The SMILES string of the molecule is CC/C=C\C/C=C\C/C=C\C/C=C\C/C=C\CCCCCCCCCCCC(=O)OC(CO)COCCCCCC/C=C\C/C=C\C/C=C\CC. The monoisotopic (exact) mass is 707 g/mol. The molecule has 0 heterocycles. The Kier molecular flexibility index (Phi) is 41.2. The van der Waals surface area contributed by atoms with Crippen LogP contribution >= 0.6 is 0 Å². The van der Waals surface area contributed by atoms with Gasteiger partial charge in [0, 0.05) is 13.0 Å². The van der Waals surface area contributed by atoms with E-state index in [0.717, 1.165) is 83.5 Å². The first-order chi connectivity index (χ1) is 25.2. The van der Waals surface area contributed by atoms with Crippen LogP contribution in [-0.2, 0) is 14.3 Å². The Hall–Kier alpha value is -2.69. The number of aliphatic hydroxyl groups excluding tert-OH is 1. The van der Waals surface area contributed by atoms with Crippen molar-refractivity contribution in [2.45, 2.75) is 174 Å². The molecule has 0 saturated carbocycles. The van der Waals surface area contributed by atoms with Gasteiger partial charge in [-0.05, 0) is 89.9 Å². The molecule has 0 aromatic heterocycles. The predicted molar refractivity (Wildman–Crippen MR) is 223 cm³/mol. The van der Waals surface area contributed by atoms with Gasteiger partial charge in [0.05, 0.1) is 13.2 Å². The number of rotatable bonds is 37. The van der Waals surface area contributed by atoms with Crippen molar-refractivity contribution in [1.82, 2.24) is 0 Å². The number of allylic oxidation sites excluding steroid dienone is 16. The highest BCUT2D eigenvalue weighted by molar-refractivity contribution is 5.69. The van der Waals surface area contributed by atoms with E-state index in [2.05, 4.69) is 111 Å². The van der Waals surface area contributed by atoms with E-state index in [9.17, 15) is 9.90 Å². The average molecular weight is 707 g/mol. The zero-order valence-electron chi connectivity index (χ0n) is 33.1. The molecule has 0 bridgehead atoms. The zero-order chi connectivity index (χ0) is 37.0. The summed E-state index contributed by atoms with van der Waals surface area (Å²) in [5.41, 5.74) is 0. The number of carbonyl (C=O) groups excluding carboxylic acids is 1. The van der Waals surface area contributed by atoms with Crippen molar-refractivity contribution < 1.29 is 19.4 Å². The van der Waals surface area contributed by atoms with Crippen LogP contribution in [-0.4, -0.2) is 37.0 Å². The van der Waals surface area contributed by atoms with Crippen molar-refractivity contribution in [2.75, 3.05) is 19.8 Å². The van der Waals surface area contributed by atoms with Crippen molar-refractivity contribution in [3.63, 3.8) is 0 Å². The molecule has 1 unspecified atom stereocenters. The zero-order valence-corrected chi connectivity index (χ0v) is 33.1. The van der Waals surface area contributed by atoms with E-state index in [1.165, 1.54) is 64.2 Å². The quantitative estimate of drug-likeness (QED) is 0.0397. The van der Waals surface area contributed by atoms with Gasteiger partial charge >= 0.3 is 5.97 Å². The molecular formula is C47H78O4. The topological polar surface area (TPSA) is 55.8 Å². The van der Waals surface area contributed by atoms with Crippen LogP contribution in [0.3, 0.4) is 0 Å². The summed E-state index contributed by atoms with van der Waals surface area (Å²) in [4.78, 5) is 12.2. The molecule has 0 aromatic carbocycles. The minimum absolute atomic E-state index is 0.189. The number of ether oxygens (including phenoxy) is 2. The molecule has 4 nitrogen and oxygen atoms in total. The Morgan fingerprint density at radius 2 is 0.824 bits per heavy atom. The maximum absolute atomic E-state index is 12.2. The minimum atomic E-state index is -0.555. The second-order valence-electron chi connectivity index (χ2n) is 13.3. The normalized spacial score (nSPS) is 13.4. The number of hydrogen-bond acceptors (Lipinski definition) is 4. The molecule has 4 heteroatoms. The standard InChI is InChI=1S/C47H78O4/c1-3-5-7-9-11-13-15-17-19-20-21-22-23-24-25-26-27-28-29-30-32-34-36-38-40-42-47(49)51-46(44-48)45-50-43-41-39-37-35-33-31-18-16-14-12-10-8-6-4-2/h5-8,11-14,17-19,21-22,24-25,31,46,48H,3-4,9-10,15-16,20,23,26-30,32-45H2,1-2H3/b7-5-,8-6-,13-11-,14-12-,19-17-,22-21-,25-24-,31-18-. The lowest BCUT2D eigenvalue weighted by Crippen LogP contribution is -2.27. The molecule has 0 amide bonds. The molecule has 290 valence electrons. The summed E-state index contributed by atoms with van der Waals surface area (Å²) in [6.45, 7) is 5.05.